The minimum absolute atomic E-state index is 0.718. The summed E-state index contributed by atoms with van der Waals surface area (Å²) in [7, 11) is 0. The topological polar surface area (TPSA) is 41.1 Å². The quantitative estimate of drug-likeness (QED) is 0.906. The highest BCUT2D eigenvalue weighted by Gasteiger charge is 2.14. The Morgan fingerprint density at radius 2 is 1.91 bits per heavy atom. The van der Waals surface area contributed by atoms with Gasteiger partial charge in [0.15, 0.2) is 0 Å². The van der Waals surface area contributed by atoms with Gasteiger partial charge in [-0.2, -0.15) is 4.98 Å². The normalized spacial score (nSPS) is 15.0. The van der Waals surface area contributed by atoms with E-state index >= 15 is 0 Å². The van der Waals surface area contributed by atoms with Crippen molar-refractivity contribution in [3.63, 3.8) is 0 Å². The van der Waals surface area contributed by atoms with Gasteiger partial charge in [-0.05, 0) is 56.4 Å². The van der Waals surface area contributed by atoms with E-state index in [1.54, 1.807) is 6.20 Å². The molecule has 1 aliphatic rings. The van der Waals surface area contributed by atoms with E-state index in [1.165, 1.54) is 19.3 Å². The Morgan fingerprint density at radius 1 is 1.14 bits per heavy atom. The van der Waals surface area contributed by atoms with Crippen LogP contribution in [0.4, 0.5) is 17.5 Å². The predicted octanol–water partition coefficient (Wildman–Crippen LogP) is 4.48. The molecule has 0 amide bonds. The summed E-state index contributed by atoms with van der Waals surface area (Å²) in [6.07, 6.45) is 5.52. The number of anilines is 3. The molecule has 1 aromatic heterocycles. The first-order valence-corrected chi connectivity index (χ1v) is 8.13. The van der Waals surface area contributed by atoms with Crippen molar-refractivity contribution in [1.82, 2.24) is 9.97 Å². The van der Waals surface area contributed by atoms with Gasteiger partial charge in [0, 0.05) is 19.3 Å². The van der Waals surface area contributed by atoms with Crippen LogP contribution in [0, 0.1) is 13.8 Å². The summed E-state index contributed by atoms with van der Waals surface area (Å²) in [4.78, 5) is 11.3. The molecular weight excluding hydrogens is 296 g/mol. The molecule has 1 N–H and O–H groups in total. The van der Waals surface area contributed by atoms with E-state index in [-0.39, 0.29) is 0 Å². The number of piperidine rings is 1. The second-order valence-electron chi connectivity index (χ2n) is 5.85. The summed E-state index contributed by atoms with van der Waals surface area (Å²) in [6, 6.07) is 5.95. The van der Waals surface area contributed by atoms with Crippen molar-refractivity contribution in [2.75, 3.05) is 23.3 Å². The van der Waals surface area contributed by atoms with Crippen LogP contribution in [0.1, 0.15) is 30.4 Å². The molecule has 0 radical (unpaired) electrons. The van der Waals surface area contributed by atoms with Gasteiger partial charge in [0.2, 0.25) is 5.95 Å². The summed E-state index contributed by atoms with van der Waals surface area (Å²) in [5.74, 6) is 1.58. The average Bonchev–Trinajstić information content (AvgIpc) is 2.52. The standard InChI is InChI=1S/C17H21ClN4/c1-12-10-13(2)16(14(18)11-12)20-15-6-7-19-17(21-15)22-8-4-3-5-9-22/h6-7,10-11H,3-5,8-9H2,1-2H3,(H,19,20,21). The minimum Gasteiger partial charge on any atom is -0.341 e. The van der Waals surface area contributed by atoms with Crippen molar-refractivity contribution in [2.24, 2.45) is 0 Å². The second kappa shape index (κ2) is 6.53. The fourth-order valence-electron chi connectivity index (χ4n) is 2.87. The summed E-state index contributed by atoms with van der Waals surface area (Å²) in [6.45, 7) is 6.16. The van der Waals surface area contributed by atoms with E-state index in [0.717, 1.165) is 46.7 Å². The SMILES string of the molecule is Cc1cc(C)c(Nc2ccnc(N3CCCCC3)n2)c(Cl)c1. The number of nitrogens with one attached hydrogen (secondary N) is 1. The summed E-state index contributed by atoms with van der Waals surface area (Å²) < 4.78 is 0. The smallest absolute Gasteiger partial charge is 0.227 e. The van der Waals surface area contributed by atoms with Crippen LogP contribution < -0.4 is 10.2 Å². The molecule has 4 nitrogen and oxygen atoms in total. The largest absolute Gasteiger partial charge is 0.341 e. The van der Waals surface area contributed by atoms with Crippen LogP contribution in [0.5, 0.6) is 0 Å². The molecule has 2 aromatic rings. The maximum atomic E-state index is 6.36. The fourth-order valence-corrected chi connectivity index (χ4v) is 3.23. The van der Waals surface area contributed by atoms with Gasteiger partial charge >= 0.3 is 0 Å². The minimum atomic E-state index is 0.718. The van der Waals surface area contributed by atoms with Crippen molar-refractivity contribution < 1.29 is 0 Å². The molecule has 1 saturated heterocycles. The van der Waals surface area contributed by atoms with E-state index in [2.05, 4.69) is 26.3 Å². The summed E-state index contributed by atoms with van der Waals surface area (Å²) in [5.41, 5.74) is 3.18. The molecule has 22 heavy (non-hydrogen) atoms. The third kappa shape index (κ3) is 3.33. The van der Waals surface area contributed by atoms with Crippen LogP contribution >= 0.6 is 11.6 Å². The highest BCUT2D eigenvalue weighted by molar-refractivity contribution is 6.33. The predicted molar refractivity (Wildman–Crippen MR) is 92.3 cm³/mol. The van der Waals surface area contributed by atoms with Gasteiger partial charge in [-0.15, -0.1) is 0 Å². The highest BCUT2D eigenvalue weighted by atomic mass is 35.5. The summed E-state index contributed by atoms with van der Waals surface area (Å²) >= 11 is 6.36. The van der Waals surface area contributed by atoms with Crippen LogP contribution in [0.15, 0.2) is 24.4 Å². The van der Waals surface area contributed by atoms with Gasteiger partial charge in [-0.1, -0.05) is 17.7 Å². The van der Waals surface area contributed by atoms with E-state index in [0.29, 0.717) is 0 Å². The number of nitrogens with zero attached hydrogens (tertiary/aromatic N) is 3. The van der Waals surface area contributed by atoms with Gasteiger partial charge in [0.25, 0.3) is 0 Å². The lowest BCUT2D eigenvalue weighted by atomic mass is 10.1. The molecule has 3 rings (SSSR count). The van der Waals surface area contributed by atoms with E-state index in [1.807, 2.05) is 26.0 Å². The van der Waals surface area contributed by atoms with Crippen LogP contribution in [-0.4, -0.2) is 23.1 Å². The maximum Gasteiger partial charge on any atom is 0.227 e. The Morgan fingerprint density at radius 3 is 2.64 bits per heavy atom. The first kappa shape index (κ1) is 15.1. The zero-order valence-corrected chi connectivity index (χ0v) is 13.8. The second-order valence-corrected chi connectivity index (χ2v) is 6.26. The van der Waals surface area contributed by atoms with Crippen LogP contribution in [0.3, 0.4) is 0 Å². The van der Waals surface area contributed by atoms with Gasteiger partial charge in [0.05, 0.1) is 10.7 Å². The van der Waals surface area contributed by atoms with Crippen LogP contribution in [0.2, 0.25) is 5.02 Å². The van der Waals surface area contributed by atoms with Gasteiger partial charge < -0.3 is 10.2 Å². The van der Waals surface area contributed by atoms with E-state index in [4.69, 9.17) is 11.6 Å². The first-order chi connectivity index (χ1) is 10.6. The Kier molecular flexibility index (Phi) is 4.48. The van der Waals surface area contributed by atoms with Crippen molar-refractivity contribution in [1.29, 1.82) is 0 Å². The Bertz CT molecular complexity index is 642. The molecule has 1 aliphatic heterocycles. The number of halogens is 1. The molecule has 0 aliphatic carbocycles. The lowest BCUT2D eigenvalue weighted by Crippen LogP contribution is -2.31. The Hall–Kier alpha value is -1.81. The number of hydrogen-bond acceptors (Lipinski definition) is 4. The molecule has 5 heteroatoms. The molecule has 0 atom stereocenters. The third-order valence-electron chi connectivity index (χ3n) is 3.97. The van der Waals surface area contributed by atoms with Crippen molar-refractivity contribution >= 4 is 29.1 Å². The van der Waals surface area contributed by atoms with Gasteiger partial charge in [-0.3, -0.25) is 0 Å². The number of benzene rings is 1. The van der Waals surface area contributed by atoms with Crippen LogP contribution in [-0.2, 0) is 0 Å². The Balaban J connectivity index is 1.84. The zero-order valence-electron chi connectivity index (χ0n) is 13.1. The lowest BCUT2D eigenvalue weighted by molar-refractivity contribution is 0.568. The molecule has 0 spiro atoms. The highest BCUT2D eigenvalue weighted by Crippen LogP contribution is 2.30. The molecule has 1 fully saturated rings. The number of aryl methyl sites for hydroxylation is 2. The average molecular weight is 317 g/mol. The number of aromatic nitrogens is 2. The summed E-state index contributed by atoms with van der Waals surface area (Å²) in [5, 5.41) is 4.06. The number of hydrogen-bond donors (Lipinski definition) is 1. The zero-order chi connectivity index (χ0) is 15.5. The van der Waals surface area contributed by atoms with Crippen molar-refractivity contribution in [3.8, 4) is 0 Å². The molecule has 0 unspecified atom stereocenters. The van der Waals surface area contributed by atoms with E-state index < -0.39 is 0 Å². The maximum absolute atomic E-state index is 6.36. The van der Waals surface area contributed by atoms with Crippen LogP contribution in [0.25, 0.3) is 0 Å². The van der Waals surface area contributed by atoms with Gasteiger partial charge in [-0.25, -0.2) is 4.98 Å². The molecule has 0 saturated carbocycles. The lowest BCUT2D eigenvalue weighted by Gasteiger charge is -2.26. The van der Waals surface area contributed by atoms with E-state index in [9.17, 15) is 0 Å². The van der Waals surface area contributed by atoms with Gasteiger partial charge in [0.1, 0.15) is 5.82 Å². The Labute approximate surface area is 136 Å². The molecule has 2 heterocycles. The molecular formula is C17H21ClN4. The fraction of sp³-hybridized carbons (Fsp3) is 0.412. The molecule has 1 aromatic carbocycles. The monoisotopic (exact) mass is 316 g/mol. The van der Waals surface area contributed by atoms with Crippen molar-refractivity contribution in [3.05, 3.63) is 40.5 Å². The van der Waals surface area contributed by atoms with Crippen molar-refractivity contribution in [2.45, 2.75) is 33.1 Å². The molecule has 0 bridgehead atoms. The third-order valence-corrected chi connectivity index (χ3v) is 4.26. The molecule has 116 valence electrons. The number of rotatable bonds is 3. The first-order valence-electron chi connectivity index (χ1n) is 7.75.